The lowest BCUT2D eigenvalue weighted by Crippen LogP contribution is -2.48. The largest absolute Gasteiger partial charge is 0.497 e. The number of aliphatic carboxylic acids is 1. The zero-order valence-electron chi connectivity index (χ0n) is 11.5. The van der Waals surface area contributed by atoms with Crippen molar-refractivity contribution < 1.29 is 14.6 Å². The lowest BCUT2D eigenvalue weighted by Gasteiger charge is -2.26. The van der Waals surface area contributed by atoms with Crippen molar-refractivity contribution in [1.29, 1.82) is 0 Å². The summed E-state index contributed by atoms with van der Waals surface area (Å²) in [4.78, 5) is 11.3. The van der Waals surface area contributed by atoms with Crippen molar-refractivity contribution in [3.63, 3.8) is 0 Å². The van der Waals surface area contributed by atoms with E-state index in [1.807, 2.05) is 25.1 Å². The minimum absolute atomic E-state index is 0.473. The number of carbonyl (C=O) groups is 1. The van der Waals surface area contributed by atoms with Gasteiger partial charge < -0.3 is 9.84 Å². The topological polar surface area (TPSA) is 58.6 Å². The van der Waals surface area contributed by atoms with Crippen molar-refractivity contribution in [1.82, 2.24) is 5.32 Å². The second-order valence-electron chi connectivity index (χ2n) is 4.70. The van der Waals surface area contributed by atoms with Crippen molar-refractivity contribution in [2.75, 3.05) is 7.11 Å². The number of benzene rings is 1. The van der Waals surface area contributed by atoms with E-state index in [1.165, 1.54) is 0 Å². The number of nitrogens with one attached hydrogen (secondary N) is 1. The lowest BCUT2D eigenvalue weighted by molar-refractivity contribution is -0.144. The van der Waals surface area contributed by atoms with E-state index in [0.29, 0.717) is 13.0 Å². The van der Waals surface area contributed by atoms with Crippen LogP contribution in [0.5, 0.6) is 5.75 Å². The molecule has 106 valence electrons. The SMILES string of the molecule is CCCC(C)(NCc1cc(OC)ccc1Br)C(=O)O. The lowest BCUT2D eigenvalue weighted by atomic mass is 9.96. The maximum atomic E-state index is 11.3. The maximum Gasteiger partial charge on any atom is 0.323 e. The fourth-order valence-electron chi connectivity index (χ4n) is 1.87. The molecule has 0 amide bonds. The first-order valence-electron chi connectivity index (χ1n) is 6.23. The van der Waals surface area contributed by atoms with Crippen LogP contribution in [0.2, 0.25) is 0 Å². The third-order valence-electron chi connectivity index (χ3n) is 3.14. The van der Waals surface area contributed by atoms with E-state index in [9.17, 15) is 9.90 Å². The summed E-state index contributed by atoms with van der Waals surface area (Å²) < 4.78 is 6.11. The summed E-state index contributed by atoms with van der Waals surface area (Å²) in [5.41, 5.74) is 0.0694. The zero-order chi connectivity index (χ0) is 14.5. The average Bonchev–Trinajstić information content (AvgIpc) is 2.38. The maximum absolute atomic E-state index is 11.3. The van der Waals surface area contributed by atoms with Crippen LogP contribution in [0.15, 0.2) is 22.7 Å². The van der Waals surface area contributed by atoms with Crippen molar-refractivity contribution >= 4 is 21.9 Å². The summed E-state index contributed by atoms with van der Waals surface area (Å²) in [5, 5.41) is 12.4. The highest BCUT2D eigenvalue weighted by Crippen LogP contribution is 2.23. The smallest absolute Gasteiger partial charge is 0.323 e. The van der Waals surface area contributed by atoms with Crippen LogP contribution in [0.4, 0.5) is 0 Å². The molecule has 0 radical (unpaired) electrons. The van der Waals surface area contributed by atoms with Crippen LogP contribution in [0.3, 0.4) is 0 Å². The highest BCUT2D eigenvalue weighted by atomic mass is 79.9. The predicted molar refractivity (Wildman–Crippen MR) is 78.5 cm³/mol. The molecule has 0 spiro atoms. The molecule has 1 aromatic carbocycles. The standard InChI is InChI=1S/C14H20BrNO3/c1-4-7-14(2,13(17)18)16-9-10-8-11(19-3)5-6-12(10)15/h5-6,8,16H,4,7,9H2,1-3H3,(H,17,18). The molecule has 0 aliphatic rings. The van der Waals surface area contributed by atoms with Gasteiger partial charge in [-0.1, -0.05) is 29.3 Å². The Hall–Kier alpha value is -1.07. The minimum atomic E-state index is -0.905. The summed E-state index contributed by atoms with van der Waals surface area (Å²) in [6.45, 7) is 4.16. The second kappa shape index (κ2) is 6.91. The zero-order valence-corrected chi connectivity index (χ0v) is 13.1. The van der Waals surface area contributed by atoms with E-state index in [0.717, 1.165) is 22.2 Å². The molecule has 1 rings (SSSR count). The van der Waals surface area contributed by atoms with E-state index >= 15 is 0 Å². The molecule has 0 saturated heterocycles. The van der Waals surface area contributed by atoms with Gasteiger partial charge in [-0.3, -0.25) is 10.1 Å². The molecule has 4 nitrogen and oxygen atoms in total. The molecular weight excluding hydrogens is 310 g/mol. The Kier molecular flexibility index (Phi) is 5.82. The number of hydrogen-bond acceptors (Lipinski definition) is 3. The Morgan fingerprint density at radius 2 is 2.21 bits per heavy atom. The Bertz CT molecular complexity index is 450. The molecule has 0 heterocycles. The quantitative estimate of drug-likeness (QED) is 0.806. The Balaban J connectivity index is 2.82. The highest BCUT2D eigenvalue weighted by molar-refractivity contribution is 9.10. The van der Waals surface area contributed by atoms with Crippen LogP contribution in [-0.2, 0) is 11.3 Å². The molecule has 1 atom stereocenters. The summed E-state index contributed by atoms with van der Waals surface area (Å²) in [6.07, 6.45) is 1.40. The molecule has 0 saturated carbocycles. The Morgan fingerprint density at radius 3 is 2.74 bits per heavy atom. The van der Waals surface area contributed by atoms with Crippen LogP contribution in [0, 0.1) is 0 Å². The molecular formula is C14H20BrNO3. The van der Waals surface area contributed by atoms with Crippen molar-refractivity contribution in [2.45, 2.75) is 38.8 Å². The van der Waals surface area contributed by atoms with Crippen molar-refractivity contribution in [2.24, 2.45) is 0 Å². The molecule has 0 aliphatic carbocycles. The van der Waals surface area contributed by atoms with E-state index in [-0.39, 0.29) is 0 Å². The summed E-state index contributed by atoms with van der Waals surface area (Å²) in [7, 11) is 1.61. The number of hydrogen-bond donors (Lipinski definition) is 2. The normalized spacial score (nSPS) is 13.9. The van der Waals surface area contributed by atoms with Gasteiger partial charge in [0.15, 0.2) is 0 Å². The Morgan fingerprint density at radius 1 is 1.53 bits per heavy atom. The highest BCUT2D eigenvalue weighted by Gasteiger charge is 2.31. The molecule has 2 N–H and O–H groups in total. The molecule has 0 bridgehead atoms. The van der Waals surface area contributed by atoms with Gasteiger partial charge in [0.1, 0.15) is 11.3 Å². The van der Waals surface area contributed by atoms with E-state index < -0.39 is 11.5 Å². The first-order valence-corrected chi connectivity index (χ1v) is 7.03. The third kappa shape index (κ3) is 4.21. The van der Waals surface area contributed by atoms with Gasteiger partial charge in [0.25, 0.3) is 0 Å². The van der Waals surface area contributed by atoms with Gasteiger partial charge >= 0.3 is 5.97 Å². The second-order valence-corrected chi connectivity index (χ2v) is 5.55. The van der Waals surface area contributed by atoms with E-state index in [1.54, 1.807) is 14.0 Å². The van der Waals surface area contributed by atoms with Gasteiger partial charge in [-0.15, -0.1) is 0 Å². The van der Waals surface area contributed by atoms with Crippen LogP contribution in [-0.4, -0.2) is 23.7 Å². The van der Waals surface area contributed by atoms with Gasteiger partial charge in [-0.25, -0.2) is 0 Å². The van der Waals surface area contributed by atoms with Crippen LogP contribution in [0.25, 0.3) is 0 Å². The molecule has 1 unspecified atom stereocenters. The third-order valence-corrected chi connectivity index (χ3v) is 3.92. The fourth-order valence-corrected chi connectivity index (χ4v) is 2.26. The first kappa shape index (κ1) is 16.0. The Labute approximate surface area is 122 Å². The predicted octanol–water partition coefficient (Wildman–Crippen LogP) is 3.19. The number of carboxylic acids is 1. The van der Waals surface area contributed by atoms with E-state index in [4.69, 9.17) is 4.74 Å². The van der Waals surface area contributed by atoms with Crippen LogP contribution >= 0.6 is 15.9 Å². The van der Waals surface area contributed by atoms with Gasteiger partial charge in [0.05, 0.1) is 7.11 Å². The molecule has 5 heteroatoms. The number of ether oxygens (including phenoxy) is 1. The summed E-state index contributed by atoms with van der Waals surface area (Å²) in [6, 6.07) is 5.65. The monoisotopic (exact) mass is 329 g/mol. The number of carboxylic acid groups (broad SMARTS) is 1. The summed E-state index contributed by atoms with van der Waals surface area (Å²) >= 11 is 3.46. The molecule has 0 aliphatic heterocycles. The van der Waals surface area contributed by atoms with Crippen LogP contribution in [0.1, 0.15) is 32.3 Å². The first-order chi connectivity index (χ1) is 8.92. The van der Waals surface area contributed by atoms with Crippen molar-refractivity contribution in [3.8, 4) is 5.75 Å². The molecule has 0 aromatic heterocycles. The van der Waals surface area contributed by atoms with E-state index in [2.05, 4.69) is 21.2 Å². The molecule has 19 heavy (non-hydrogen) atoms. The molecule has 1 aromatic rings. The van der Waals surface area contributed by atoms with Gasteiger partial charge in [-0.05, 0) is 37.1 Å². The average molecular weight is 330 g/mol. The van der Waals surface area contributed by atoms with Crippen molar-refractivity contribution in [3.05, 3.63) is 28.2 Å². The number of halogens is 1. The number of methoxy groups -OCH3 is 1. The number of rotatable bonds is 7. The molecule has 0 fully saturated rings. The van der Waals surface area contributed by atoms with Crippen LogP contribution < -0.4 is 10.1 Å². The fraction of sp³-hybridized carbons (Fsp3) is 0.500. The van der Waals surface area contributed by atoms with Gasteiger partial charge in [0, 0.05) is 11.0 Å². The summed E-state index contributed by atoms with van der Waals surface area (Å²) in [5.74, 6) is -0.0686. The van der Waals surface area contributed by atoms with Gasteiger partial charge in [0.2, 0.25) is 0 Å². The van der Waals surface area contributed by atoms with Gasteiger partial charge in [-0.2, -0.15) is 0 Å². The minimum Gasteiger partial charge on any atom is -0.497 e.